The third-order valence-corrected chi connectivity index (χ3v) is 5.33. The van der Waals surface area contributed by atoms with Crippen molar-refractivity contribution < 1.29 is 4.79 Å². The Morgan fingerprint density at radius 3 is 2.34 bits per heavy atom. The first-order chi connectivity index (χ1) is 17.2. The number of amides is 1. The van der Waals surface area contributed by atoms with E-state index in [1.54, 1.807) is 29.0 Å². The number of anilines is 1. The topological polar surface area (TPSA) is 92.7 Å². The van der Waals surface area contributed by atoms with Crippen LogP contribution < -0.4 is 10.9 Å². The van der Waals surface area contributed by atoms with Gasteiger partial charge in [-0.25, -0.2) is 9.78 Å². The van der Waals surface area contributed by atoms with Crippen LogP contribution in [0.3, 0.4) is 0 Å². The zero-order valence-electron chi connectivity index (χ0n) is 18.6. The lowest BCUT2D eigenvalue weighted by Crippen LogP contribution is -2.08. The zero-order chi connectivity index (χ0) is 24.0. The Kier molecular flexibility index (Phi) is 6.13. The first-order valence-electron chi connectivity index (χ1n) is 11.0. The normalized spacial score (nSPS) is 11.0. The Balaban J connectivity index is 1.39. The Labute approximate surface area is 201 Å². The van der Waals surface area contributed by atoms with E-state index in [9.17, 15) is 9.59 Å². The SMILES string of the molecule is O=C(/C=C/c1cn(-c2ccccc2)nc1-c1ccccc1)Nc1cccc(-c2ccc(=O)[nH]n2)c1. The van der Waals surface area contributed by atoms with Crippen molar-refractivity contribution in [2.75, 3.05) is 5.32 Å². The Morgan fingerprint density at radius 1 is 0.857 bits per heavy atom. The third kappa shape index (κ3) is 5.15. The summed E-state index contributed by atoms with van der Waals surface area (Å²) in [7, 11) is 0. The maximum Gasteiger partial charge on any atom is 0.264 e. The van der Waals surface area contributed by atoms with Crippen LogP contribution in [-0.4, -0.2) is 25.9 Å². The molecule has 0 spiro atoms. The molecule has 7 heteroatoms. The molecule has 7 nitrogen and oxygen atoms in total. The molecule has 1 amide bonds. The van der Waals surface area contributed by atoms with E-state index in [0.717, 1.165) is 28.1 Å². The van der Waals surface area contributed by atoms with Crippen LogP contribution in [0.5, 0.6) is 0 Å². The molecule has 0 saturated heterocycles. The first-order valence-corrected chi connectivity index (χ1v) is 11.0. The lowest BCUT2D eigenvalue weighted by Gasteiger charge is -2.05. The van der Waals surface area contributed by atoms with Crippen molar-refractivity contribution >= 4 is 17.7 Å². The van der Waals surface area contributed by atoms with Gasteiger partial charge in [-0.15, -0.1) is 0 Å². The Morgan fingerprint density at radius 2 is 1.60 bits per heavy atom. The molecule has 3 aromatic carbocycles. The van der Waals surface area contributed by atoms with Gasteiger partial charge in [-0.1, -0.05) is 60.7 Å². The highest BCUT2D eigenvalue weighted by atomic mass is 16.1. The number of rotatable bonds is 6. The maximum absolute atomic E-state index is 12.7. The van der Waals surface area contributed by atoms with Crippen molar-refractivity contribution in [2.24, 2.45) is 0 Å². The van der Waals surface area contributed by atoms with E-state index in [1.165, 1.54) is 12.1 Å². The van der Waals surface area contributed by atoms with E-state index < -0.39 is 0 Å². The number of hydrogen-bond donors (Lipinski definition) is 2. The van der Waals surface area contributed by atoms with Crippen molar-refractivity contribution in [1.82, 2.24) is 20.0 Å². The van der Waals surface area contributed by atoms with E-state index >= 15 is 0 Å². The average Bonchev–Trinajstić information content (AvgIpc) is 3.33. The highest BCUT2D eigenvalue weighted by Gasteiger charge is 2.11. The van der Waals surface area contributed by atoms with Gasteiger partial charge in [0.15, 0.2) is 0 Å². The van der Waals surface area contributed by atoms with Gasteiger partial charge in [-0.3, -0.25) is 9.59 Å². The zero-order valence-corrected chi connectivity index (χ0v) is 18.6. The van der Waals surface area contributed by atoms with Crippen molar-refractivity contribution in [1.29, 1.82) is 0 Å². The molecule has 0 atom stereocenters. The van der Waals surface area contributed by atoms with Crippen molar-refractivity contribution in [2.45, 2.75) is 0 Å². The van der Waals surface area contributed by atoms with Crippen LogP contribution in [0.2, 0.25) is 0 Å². The molecule has 0 aliphatic heterocycles. The van der Waals surface area contributed by atoms with Gasteiger partial charge in [-0.2, -0.15) is 10.2 Å². The van der Waals surface area contributed by atoms with E-state index in [4.69, 9.17) is 5.10 Å². The number of nitrogens with one attached hydrogen (secondary N) is 2. The molecule has 170 valence electrons. The Hall–Kier alpha value is -5.04. The summed E-state index contributed by atoms with van der Waals surface area (Å²) in [5.74, 6) is -0.275. The number of nitrogens with zero attached hydrogens (tertiary/aromatic N) is 3. The van der Waals surface area contributed by atoms with Crippen LogP contribution in [0.15, 0.2) is 114 Å². The molecule has 5 rings (SSSR count). The number of aromatic amines is 1. The number of H-pyrrole nitrogens is 1. The van der Waals surface area contributed by atoms with Crippen LogP contribution in [0.25, 0.3) is 34.3 Å². The second kappa shape index (κ2) is 9.84. The minimum atomic E-state index is -0.275. The largest absolute Gasteiger partial charge is 0.322 e. The number of hydrogen-bond acceptors (Lipinski definition) is 4. The summed E-state index contributed by atoms with van der Waals surface area (Å²) < 4.78 is 1.81. The van der Waals surface area contributed by atoms with Crippen molar-refractivity contribution in [3.05, 3.63) is 125 Å². The number of carbonyl (C=O) groups is 1. The molecule has 0 aliphatic carbocycles. The number of carbonyl (C=O) groups excluding carboxylic acids is 1. The fourth-order valence-corrected chi connectivity index (χ4v) is 3.65. The molecule has 0 unspecified atom stereocenters. The van der Waals surface area contributed by atoms with Gasteiger partial charge in [0, 0.05) is 40.7 Å². The number of benzene rings is 3. The molecular formula is C28H21N5O2. The highest BCUT2D eigenvalue weighted by Crippen LogP contribution is 2.25. The van der Waals surface area contributed by atoms with E-state index in [-0.39, 0.29) is 11.5 Å². The summed E-state index contributed by atoms with van der Waals surface area (Å²) in [5.41, 5.74) is 5.23. The van der Waals surface area contributed by atoms with Gasteiger partial charge in [0.25, 0.3) is 5.56 Å². The fourth-order valence-electron chi connectivity index (χ4n) is 3.65. The van der Waals surface area contributed by atoms with Gasteiger partial charge in [-0.05, 0) is 36.4 Å². The summed E-state index contributed by atoms with van der Waals surface area (Å²) in [4.78, 5) is 24.0. The monoisotopic (exact) mass is 459 g/mol. The molecule has 5 aromatic rings. The van der Waals surface area contributed by atoms with Gasteiger partial charge in [0.05, 0.1) is 17.1 Å². The summed E-state index contributed by atoms with van der Waals surface area (Å²) in [6.45, 7) is 0. The van der Waals surface area contributed by atoms with E-state index in [1.807, 2.05) is 79.0 Å². The average molecular weight is 460 g/mol. The summed E-state index contributed by atoms with van der Waals surface area (Å²) >= 11 is 0. The van der Waals surface area contributed by atoms with Crippen LogP contribution >= 0.6 is 0 Å². The van der Waals surface area contributed by atoms with Crippen LogP contribution in [0.1, 0.15) is 5.56 Å². The maximum atomic E-state index is 12.7. The van der Waals surface area contributed by atoms with Crippen molar-refractivity contribution in [3.63, 3.8) is 0 Å². The highest BCUT2D eigenvalue weighted by molar-refractivity contribution is 6.02. The summed E-state index contributed by atoms with van der Waals surface area (Å²) in [5, 5.41) is 14.1. The smallest absolute Gasteiger partial charge is 0.264 e. The fraction of sp³-hybridized carbons (Fsp3) is 0. The molecule has 2 N–H and O–H groups in total. The number of para-hydroxylation sites is 1. The van der Waals surface area contributed by atoms with E-state index in [2.05, 4.69) is 15.5 Å². The molecule has 0 saturated carbocycles. The summed E-state index contributed by atoms with van der Waals surface area (Å²) in [6.07, 6.45) is 5.16. The van der Waals surface area contributed by atoms with Crippen LogP contribution in [0.4, 0.5) is 5.69 Å². The third-order valence-electron chi connectivity index (χ3n) is 5.33. The lowest BCUT2D eigenvalue weighted by atomic mass is 10.1. The molecule has 0 aliphatic rings. The molecule has 0 bridgehead atoms. The molecule has 0 fully saturated rings. The molecular weight excluding hydrogens is 438 g/mol. The van der Waals surface area contributed by atoms with Crippen LogP contribution in [0, 0.1) is 0 Å². The van der Waals surface area contributed by atoms with Gasteiger partial charge < -0.3 is 5.32 Å². The molecule has 0 radical (unpaired) electrons. The van der Waals surface area contributed by atoms with Gasteiger partial charge in [0.1, 0.15) is 0 Å². The minimum Gasteiger partial charge on any atom is -0.322 e. The minimum absolute atomic E-state index is 0.270. The summed E-state index contributed by atoms with van der Waals surface area (Å²) in [6, 6.07) is 30.0. The quantitative estimate of drug-likeness (QED) is 0.352. The molecule has 35 heavy (non-hydrogen) atoms. The van der Waals surface area contributed by atoms with Crippen molar-refractivity contribution in [3.8, 4) is 28.2 Å². The predicted molar refractivity (Wildman–Crippen MR) is 137 cm³/mol. The number of aromatic nitrogens is 4. The van der Waals surface area contributed by atoms with E-state index in [0.29, 0.717) is 11.4 Å². The van der Waals surface area contributed by atoms with Crippen LogP contribution in [-0.2, 0) is 4.79 Å². The van der Waals surface area contributed by atoms with Gasteiger partial charge >= 0.3 is 0 Å². The lowest BCUT2D eigenvalue weighted by molar-refractivity contribution is -0.111. The molecule has 2 aromatic heterocycles. The first kappa shape index (κ1) is 21.8. The second-order valence-corrected chi connectivity index (χ2v) is 7.79. The second-order valence-electron chi connectivity index (χ2n) is 7.79. The Bertz CT molecular complexity index is 1530. The van der Waals surface area contributed by atoms with Gasteiger partial charge in [0.2, 0.25) is 5.91 Å². The standard InChI is InChI=1S/C28H21N5O2/c34-26(29-23-11-7-10-21(18-23)25-15-17-27(35)31-30-25)16-14-22-19-33(24-12-5-2-6-13-24)32-28(22)20-8-3-1-4-9-20/h1-19H,(H,29,34)(H,31,35)/b16-14+. The predicted octanol–water partition coefficient (Wildman–Crippen LogP) is 4.94. The molecule has 2 heterocycles.